The first-order valence-electron chi connectivity index (χ1n) is 3.65. The van der Waals surface area contributed by atoms with E-state index in [-0.39, 0.29) is 26.4 Å². The fraction of sp³-hybridized carbons (Fsp3) is 1.00. The lowest BCUT2D eigenvalue weighted by Gasteiger charge is -2.01. The van der Waals surface area contributed by atoms with Gasteiger partial charge in [-0.3, -0.25) is 14.2 Å². The molecule has 8 nitrogen and oxygen atoms in total. The van der Waals surface area contributed by atoms with Crippen LogP contribution in [-0.2, 0) is 14.2 Å². The van der Waals surface area contributed by atoms with Crippen molar-refractivity contribution in [2.75, 3.05) is 33.1 Å². The van der Waals surface area contributed by atoms with E-state index in [4.69, 9.17) is 20.0 Å². The number of aliphatic hydroxyl groups excluding tert-OH is 2. The second kappa shape index (κ2) is 11.0. The van der Waals surface area contributed by atoms with E-state index in [0.29, 0.717) is 0 Å². The summed E-state index contributed by atoms with van der Waals surface area (Å²) in [5.41, 5.74) is 2.07. The molecule has 0 aromatic carbocycles. The Morgan fingerprint density at radius 2 is 1.43 bits per heavy atom. The van der Waals surface area contributed by atoms with E-state index in [1.165, 1.54) is 0 Å². The van der Waals surface area contributed by atoms with E-state index in [9.17, 15) is 4.57 Å². The molecule has 0 unspecified atom stereocenters. The average molecular weight is 233 g/mol. The van der Waals surface area contributed by atoms with Crippen LogP contribution in [0.2, 0.25) is 0 Å². The molecule has 0 fully saturated rings. The highest BCUT2D eigenvalue weighted by Crippen LogP contribution is 2.26. The number of hydrogen-bond acceptors (Lipinski definition) is 6. The molecule has 0 aliphatic heterocycles. The van der Waals surface area contributed by atoms with E-state index in [2.05, 4.69) is 15.3 Å². The second-order valence-electron chi connectivity index (χ2n) is 2.06. The van der Waals surface area contributed by atoms with Crippen LogP contribution in [0.25, 0.3) is 0 Å². The highest BCUT2D eigenvalue weighted by atomic mass is 31.2. The van der Waals surface area contributed by atoms with Gasteiger partial charge < -0.3 is 20.0 Å². The molecular weight excluding hydrogens is 217 g/mol. The summed E-state index contributed by atoms with van der Waals surface area (Å²) in [5.74, 6) is 0. The van der Waals surface area contributed by atoms with E-state index in [0.717, 1.165) is 6.66 Å². The molecule has 0 bridgehead atoms. The SMILES string of the molecule is CP(=O)(O)O.OCCONOCCO. The average Bonchev–Trinajstić information content (AvgIpc) is 2.01. The lowest BCUT2D eigenvalue weighted by atomic mass is 10.8. The summed E-state index contributed by atoms with van der Waals surface area (Å²) in [6.45, 7) is 1.08. The molecule has 0 aliphatic rings. The monoisotopic (exact) mass is 233 g/mol. The third-order valence-electron chi connectivity index (χ3n) is 0.505. The van der Waals surface area contributed by atoms with Gasteiger partial charge in [-0.1, -0.05) is 5.64 Å². The topological polar surface area (TPSA) is 128 Å². The fourth-order valence-electron chi connectivity index (χ4n) is 0.216. The van der Waals surface area contributed by atoms with Gasteiger partial charge in [-0.25, -0.2) is 0 Å². The van der Waals surface area contributed by atoms with Crippen molar-refractivity contribution in [1.29, 1.82) is 0 Å². The van der Waals surface area contributed by atoms with Crippen molar-refractivity contribution in [2.24, 2.45) is 0 Å². The summed E-state index contributed by atoms with van der Waals surface area (Å²) in [6.07, 6.45) is 0. The van der Waals surface area contributed by atoms with Crippen molar-refractivity contribution in [1.82, 2.24) is 5.64 Å². The van der Waals surface area contributed by atoms with Gasteiger partial charge in [0.1, 0.15) is 0 Å². The zero-order valence-electron chi connectivity index (χ0n) is 7.79. The molecular formula is C5H16NO7P. The lowest BCUT2D eigenvalue weighted by molar-refractivity contribution is -0.178. The van der Waals surface area contributed by atoms with Gasteiger partial charge >= 0.3 is 7.60 Å². The standard InChI is InChI=1S/C4H11NO4.CH5O3P/c6-1-3-8-5-9-4-2-7;1-5(2,3)4/h5-7H,1-4H2;1H3,(H2,2,3,4). The molecule has 0 aromatic heterocycles. The largest absolute Gasteiger partial charge is 0.394 e. The van der Waals surface area contributed by atoms with Crippen LogP contribution in [0.1, 0.15) is 0 Å². The number of hydrogen-bond donors (Lipinski definition) is 5. The Kier molecular flexibility index (Phi) is 12.9. The Morgan fingerprint density at radius 1 is 1.14 bits per heavy atom. The van der Waals surface area contributed by atoms with Crippen molar-refractivity contribution in [3.05, 3.63) is 0 Å². The Labute approximate surface area is 81.5 Å². The quantitative estimate of drug-likeness (QED) is 0.207. The highest BCUT2D eigenvalue weighted by molar-refractivity contribution is 7.50. The van der Waals surface area contributed by atoms with E-state index >= 15 is 0 Å². The minimum atomic E-state index is -3.64. The predicted molar refractivity (Wildman–Crippen MR) is 47.2 cm³/mol. The van der Waals surface area contributed by atoms with Gasteiger partial charge in [0.2, 0.25) is 0 Å². The third-order valence-corrected chi connectivity index (χ3v) is 0.505. The van der Waals surface area contributed by atoms with Crippen LogP contribution in [0.4, 0.5) is 0 Å². The Hall–Kier alpha value is -0.0500. The van der Waals surface area contributed by atoms with E-state index < -0.39 is 7.60 Å². The van der Waals surface area contributed by atoms with Crippen molar-refractivity contribution in [2.45, 2.75) is 0 Å². The van der Waals surface area contributed by atoms with Gasteiger partial charge in [-0.15, -0.1) is 0 Å². The Morgan fingerprint density at radius 3 is 1.64 bits per heavy atom. The van der Waals surface area contributed by atoms with Crippen molar-refractivity contribution >= 4 is 7.60 Å². The van der Waals surface area contributed by atoms with Gasteiger partial charge in [-0.05, 0) is 0 Å². The van der Waals surface area contributed by atoms with Gasteiger partial charge in [0.15, 0.2) is 0 Å². The zero-order valence-corrected chi connectivity index (χ0v) is 8.68. The minimum absolute atomic E-state index is 0.0600. The smallest absolute Gasteiger partial charge is 0.322 e. The zero-order chi connectivity index (χ0) is 11.4. The predicted octanol–water partition coefficient (Wildman–Crippen LogP) is -1.78. The summed E-state index contributed by atoms with van der Waals surface area (Å²) >= 11 is 0. The first kappa shape index (κ1) is 16.4. The molecule has 0 aliphatic carbocycles. The molecule has 0 radical (unpaired) electrons. The molecule has 9 heteroatoms. The summed E-state index contributed by atoms with van der Waals surface area (Å²) in [7, 11) is -3.64. The third kappa shape index (κ3) is 40.5. The summed E-state index contributed by atoms with van der Waals surface area (Å²) in [6, 6.07) is 0. The van der Waals surface area contributed by atoms with Gasteiger partial charge in [0.05, 0.1) is 26.4 Å². The van der Waals surface area contributed by atoms with Gasteiger partial charge in [0.25, 0.3) is 0 Å². The molecule has 0 rings (SSSR count). The number of nitrogens with one attached hydrogen (secondary N) is 1. The van der Waals surface area contributed by atoms with Gasteiger partial charge in [-0.2, -0.15) is 0 Å². The first-order chi connectivity index (χ1) is 6.41. The van der Waals surface area contributed by atoms with Crippen molar-refractivity contribution < 1.29 is 34.2 Å². The molecule has 0 saturated carbocycles. The Balaban J connectivity index is 0. The molecule has 0 amide bonds. The molecule has 0 heterocycles. The maximum Gasteiger partial charge on any atom is 0.322 e. The van der Waals surface area contributed by atoms with Crippen LogP contribution in [0.15, 0.2) is 0 Å². The number of rotatable bonds is 6. The maximum atomic E-state index is 9.33. The number of aliphatic hydroxyl groups is 2. The first-order valence-corrected chi connectivity index (χ1v) is 5.71. The molecule has 14 heavy (non-hydrogen) atoms. The lowest BCUT2D eigenvalue weighted by Crippen LogP contribution is -2.19. The maximum absolute atomic E-state index is 9.33. The summed E-state index contributed by atoms with van der Waals surface area (Å²) < 4.78 is 9.33. The van der Waals surface area contributed by atoms with E-state index in [1.807, 2.05) is 0 Å². The van der Waals surface area contributed by atoms with Crippen molar-refractivity contribution in [3.8, 4) is 0 Å². The highest BCUT2D eigenvalue weighted by Gasteiger charge is 1.95. The van der Waals surface area contributed by atoms with Crippen LogP contribution in [0, 0.1) is 0 Å². The van der Waals surface area contributed by atoms with Crippen molar-refractivity contribution in [3.63, 3.8) is 0 Å². The summed E-state index contributed by atoms with van der Waals surface area (Å²) in [4.78, 5) is 24.2. The minimum Gasteiger partial charge on any atom is -0.394 e. The fourth-order valence-corrected chi connectivity index (χ4v) is 0.216. The van der Waals surface area contributed by atoms with Crippen LogP contribution in [-0.4, -0.2) is 53.1 Å². The van der Waals surface area contributed by atoms with E-state index in [1.54, 1.807) is 0 Å². The summed E-state index contributed by atoms with van der Waals surface area (Å²) in [5, 5.41) is 16.3. The van der Waals surface area contributed by atoms with Crippen LogP contribution < -0.4 is 5.64 Å². The molecule has 88 valence electrons. The van der Waals surface area contributed by atoms with Crippen LogP contribution in [0.5, 0.6) is 0 Å². The van der Waals surface area contributed by atoms with Crippen LogP contribution >= 0.6 is 7.60 Å². The second-order valence-corrected chi connectivity index (χ2v) is 3.73. The molecule has 0 spiro atoms. The Bertz CT molecular complexity index is 135. The molecule has 0 aromatic rings. The molecule has 0 saturated heterocycles. The van der Waals surface area contributed by atoms with Crippen LogP contribution in [0.3, 0.4) is 0 Å². The normalized spacial score (nSPS) is 10.6. The molecule has 5 N–H and O–H groups in total. The molecule has 0 atom stereocenters. The van der Waals surface area contributed by atoms with Gasteiger partial charge in [0, 0.05) is 6.66 Å².